The van der Waals surface area contributed by atoms with Crippen LogP contribution in [0.4, 0.5) is 0 Å². The van der Waals surface area contributed by atoms with Crippen molar-refractivity contribution in [2.75, 3.05) is 0 Å². The first kappa shape index (κ1) is 8.70. The summed E-state index contributed by atoms with van der Waals surface area (Å²) in [5.74, 6) is 0. The van der Waals surface area contributed by atoms with Crippen molar-refractivity contribution in [2.45, 2.75) is 38.9 Å². The fraction of sp³-hybridized carbons (Fsp3) is 0.545. The predicted molar refractivity (Wildman–Crippen MR) is 51.5 cm³/mol. The molecule has 13 heavy (non-hydrogen) atoms. The second-order valence-electron chi connectivity index (χ2n) is 3.75. The van der Waals surface area contributed by atoms with E-state index >= 15 is 0 Å². The summed E-state index contributed by atoms with van der Waals surface area (Å²) in [6.45, 7) is 4.16. The van der Waals surface area contributed by atoms with Crippen LogP contribution in [0.25, 0.3) is 0 Å². The third kappa shape index (κ3) is 1.73. The summed E-state index contributed by atoms with van der Waals surface area (Å²) in [7, 11) is 0. The van der Waals surface area contributed by atoms with E-state index in [4.69, 9.17) is 4.74 Å². The molecular weight excluding hydrogens is 162 g/mol. The van der Waals surface area contributed by atoms with Crippen LogP contribution in [-0.2, 0) is 11.2 Å². The number of ether oxygens (including phenoxy) is 1. The van der Waals surface area contributed by atoms with Crippen LogP contribution in [0, 0.1) is 0 Å². The third-order valence-corrected chi connectivity index (χ3v) is 2.35. The first-order valence-electron chi connectivity index (χ1n) is 4.86. The molecule has 0 bridgehead atoms. The van der Waals surface area contributed by atoms with Crippen molar-refractivity contribution in [3.05, 3.63) is 29.6 Å². The fourth-order valence-corrected chi connectivity index (χ4v) is 1.85. The van der Waals surface area contributed by atoms with Gasteiger partial charge < -0.3 is 4.74 Å². The van der Waals surface area contributed by atoms with Crippen LogP contribution in [0.5, 0.6) is 0 Å². The number of hydrogen-bond acceptors (Lipinski definition) is 2. The van der Waals surface area contributed by atoms with Crippen LogP contribution in [-0.4, -0.2) is 11.1 Å². The van der Waals surface area contributed by atoms with Crippen LogP contribution < -0.4 is 0 Å². The Bertz CT molecular complexity index is 296. The lowest BCUT2D eigenvalue weighted by Crippen LogP contribution is -2.07. The van der Waals surface area contributed by atoms with E-state index in [9.17, 15) is 0 Å². The second kappa shape index (κ2) is 3.46. The highest BCUT2D eigenvalue weighted by Crippen LogP contribution is 2.32. The van der Waals surface area contributed by atoms with E-state index in [1.807, 2.05) is 12.3 Å². The Morgan fingerprint density at radius 2 is 2.38 bits per heavy atom. The molecule has 1 aliphatic carbocycles. The number of hydrogen-bond donors (Lipinski definition) is 0. The van der Waals surface area contributed by atoms with Gasteiger partial charge in [-0.3, -0.25) is 4.98 Å². The van der Waals surface area contributed by atoms with Gasteiger partial charge in [-0.2, -0.15) is 0 Å². The SMILES string of the molecule is CC(C)OC1CCc2ncccc21. The van der Waals surface area contributed by atoms with Crippen molar-refractivity contribution >= 4 is 0 Å². The predicted octanol–water partition coefficient (Wildman–Crippen LogP) is 2.49. The standard InChI is InChI=1S/C11H15NO/c1-8(2)13-11-6-5-10-9(11)4-3-7-12-10/h3-4,7-8,11H,5-6H2,1-2H3. The van der Waals surface area contributed by atoms with Gasteiger partial charge in [-0.25, -0.2) is 0 Å². The Labute approximate surface area is 78.9 Å². The summed E-state index contributed by atoms with van der Waals surface area (Å²) in [5.41, 5.74) is 2.50. The largest absolute Gasteiger partial charge is 0.371 e. The highest BCUT2D eigenvalue weighted by atomic mass is 16.5. The van der Waals surface area contributed by atoms with Crippen molar-refractivity contribution < 1.29 is 4.74 Å². The zero-order chi connectivity index (χ0) is 9.26. The van der Waals surface area contributed by atoms with Gasteiger partial charge in [0, 0.05) is 17.5 Å². The molecule has 2 heteroatoms. The molecule has 2 nitrogen and oxygen atoms in total. The summed E-state index contributed by atoms with van der Waals surface area (Å²) in [4.78, 5) is 4.34. The minimum atomic E-state index is 0.281. The van der Waals surface area contributed by atoms with Crippen molar-refractivity contribution in [3.63, 3.8) is 0 Å². The monoisotopic (exact) mass is 177 g/mol. The lowest BCUT2D eigenvalue weighted by molar-refractivity contribution is 0.00789. The number of fused-ring (bicyclic) bond motifs is 1. The van der Waals surface area contributed by atoms with E-state index in [0.29, 0.717) is 6.10 Å². The molecule has 1 heterocycles. The molecule has 1 aromatic heterocycles. The lowest BCUT2D eigenvalue weighted by atomic mass is 10.2. The maximum Gasteiger partial charge on any atom is 0.0849 e. The van der Waals surface area contributed by atoms with Crippen LogP contribution in [0.3, 0.4) is 0 Å². The average Bonchev–Trinajstić information content (AvgIpc) is 2.48. The topological polar surface area (TPSA) is 22.1 Å². The van der Waals surface area contributed by atoms with E-state index in [1.165, 1.54) is 11.3 Å². The zero-order valence-corrected chi connectivity index (χ0v) is 8.16. The van der Waals surface area contributed by atoms with Gasteiger partial charge in [0.2, 0.25) is 0 Å². The molecule has 1 atom stereocenters. The Kier molecular flexibility index (Phi) is 2.32. The zero-order valence-electron chi connectivity index (χ0n) is 8.16. The molecule has 0 radical (unpaired) electrons. The maximum absolute atomic E-state index is 5.80. The highest BCUT2D eigenvalue weighted by Gasteiger charge is 2.24. The summed E-state index contributed by atoms with van der Waals surface area (Å²) in [6.07, 6.45) is 4.59. The number of aryl methyl sites for hydroxylation is 1. The molecule has 0 saturated carbocycles. The molecule has 0 N–H and O–H groups in total. The number of nitrogens with zero attached hydrogens (tertiary/aromatic N) is 1. The maximum atomic E-state index is 5.80. The van der Waals surface area contributed by atoms with E-state index in [-0.39, 0.29) is 6.10 Å². The normalized spacial score (nSPS) is 20.7. The van der Waals surface area contributed by atoms with Crippen LogP contribution >= 0.6 is 0 Å². The summed E-state index contributed by atoms with van der Waals surface area (Å²) in [6, 6.07) is 4.11. The number of rotatable bonds is 2. The molecule has 2 rings (SSSR count). The Hall–Kier alpha value is -0.890. The molecule has 0 saturated heterocycles. The molecule has 0 fully saturated rings. The van der Waals surface area contributed by atoms with Crippen LogP contribution in [0.15, 0.2) is 18.3 Å². The Morgan fingerprint density at radius 1 is 1.54 bits per heavy atom. The summed E-state index contributed by atoms with van der Waals surface area (Å²) >= 11 is 0. The van der Waals surface area contributed by atoms with Crippen LogP contribution in [0.1, 0.15) is 37.6 Å². The van der Waals surface area contributed by atoms with Gasteiger partial charge in [-0.15, -0.1) is 0 Å². The van der Waals surface area contributed by atoms with Crippen LogP contribution in [0.2, 0.25) is 0 Å². The lowest BCUT2D eigenvalue weighted by Gasteiger charge is -2.15. The Balaban J connectivity index is 2.18. The molecular formula is C11H15NO. The first-order valence-corrected chi connectivity index (χ1v) is 4.86. The van der Waals surface area contributed by atoms with E-state index in [1.54, 1.807) is 0 Å². The molecule has 0 aliphatic heterocycles. The van der Waals surface area contributed by atoms with E-state index in [0.717, 1.165) is 12.8 Å². The van der Waals surface area contributed by atoms with Crippen molar-refractivity contribution in [1.29, 1.82) is 0 Å². The van der Waals surface area contributed by atoms with Gasteiger partial charge in [0.05, 0.1) is 12.2 Å². The number of aromatic nitrogens is 1. The number of pyridine rings is 1. The molecule has 0 amide bonds. The third-order valence-electron chi connectivity index (χ3n) is 2.35. The minimum absolute atomic E-state index is 0.281. The van der Waals surface area contributed by atoms with Crippen molar-refractivity contribution in [1.82, 2.24) is 4.98 Å². The fourth-order valence-electron chi connectivity index (χ4n) is 1.85. The smallest absolute Gasteiger partial charge is 0.0849 e. The average molecular weight is 177 g/mol. The Morgan fingerprint density at radius 3 is 3.15 bits per heavy atom. The molecule has 0 spiro atoms. The van der Waals surface area contributed by atoms with Gasteiger partial charge in [0.15, 0.2) is 0 Å². The van der Waals surface area contributed by atoms with Gasteiger partial charge in [0.1, 0.15) is 0 Å². The summed E-state index contributed by atoms with van der Waals surface area (Å²) < 4.78 is 5.80. The van der Waals surface area contributed by atoms with E-state index < -0.39 is 0 Å². The first-order chi connectivity index (χ1) is 6.27. The molecule has 70 valence electrons. The van der Waals surface area contributed by atoms with Crippen molar-refractivity contribution in [2.24, 2.45) is 0 Å². The van der Waals surface area contributed by atoms with Gasteiger partial charge >= 0.3 is 0 Å². The molecule has 1 unspecified atom stereocenters. The highest BCUT2D eigenvalue weighted by molar-refractivity contribution is 5.27. The minimum Gasteiger partial charge on any atom is -0.371 e. The second-order valence-corrected chi connectivity index (χ2v) is 3.75. The van der Waals surface area contributed by atoms with Crippen molar-refractivity contribution in [3.8, 4) is 0 Å². The van der Waals surface area contributed by atoms with Gasteiger partial charge in [0.25, 0.3) is 0 Å². The molecule has 1 aliphatic rings. The summed E-state index contributed by atoms with van der Waals surface area (Å²) in [5, 5.41) is 0. The quantitative estimate of drug-likeness (QED) is 0.692. The van der Waals surface area contributed by atoms with Gasteiger partial charge in [-0.05, 0) is 32.8 Å². The molecule has 0 aromatic carbocycles. The van der Waals surface area contributed by atoms with E-state index in [2.05, 4.69) is 24.9 Å². The van der Waals surface area contributed by atoms with Gasteiger partial charge in [-0.1, -0.05) is 6.07 Å². The molecule has 1 aromatic rings.